The van der Waals surface area contributed by atoms with Crippen molar-refractivity contribution in [2.45, 2.75) is 63.6 Å². The summed E-state index contributed by atoms with van der Waals surface area (Å²) >= 11 is 0. The second-order valence-corrected chi connectivity index (χ2v) is 8.63. The van der Waals surface area contributed by atoms with Crippen molar-refractivity contribution < 1.29 is 9.84 Å². The molecule has 0 spiro atoms. The summed E-state index contributed by atoms with van der Waals surface area (Å²) in [5.74, 6) is 0.607. The maximum absolute atomic E-state index is 10.6. The molecular formula is C21H35ClN2O2. The van der Waals surface area contributed by atoms with Crippen LogP contribution in [-0.4, -0.2) is 43.5 Å². The summed E-state index contributed by atoms with van der Waals surface area (Å²) in [5, 5.41) is 17.8. The van der Waals surface area contributed by atoms with Crippen molar-refractivity contribution >= 4 is 12.4 Å². The first-order valence-electron chi connectivity index (χ1n) is 9.78. The molecule has 0 amide bonds. The van der Waals surface area contributed by atoms with Crippen LogP contribution in [0.25, 0.3) is 0 Å². The van der Waals surface area contributed by atoms with Gasteiger partial charge >= 0.3 is 0 Å². The summed E-state index contributed by atoms with van der Waals surface area (Å²) < 4.78 is 5.64. The highest BCUT2D eigenvalue weighted by Crippen LogP contribution is 2.30. The van der Waals surface area contributed by atoms with E-state index in [1.54, 1.807) is 0 Å². The number of hydrogen-bond donors (Lipinski definition) is 3. The molecule has 1 saturated carbocycles. The molecule has 2 fully saturated rings. The average molecular weight is 383 g/mol. The lowest BCUT2D eigenvalue weighted by Crippen LogP contribution is -2.51. The fourth-order valence-corrected chi connectivity index (χ4v) is 4.17. The van der Waals surface area contributed by atoms with Gasteiger partial charge in [0.25, 0.3) is 0 Å². The minimum absolute atomic E-state index is 0. The molecule has 3 rings (SSSR count). The van der Waals surface area contributed by atoms with Gasteiger partial charge in [0.1, 0.15) is 0 Å². The number of morpholine rings is 1. The van der Waals surface area contributed by atoms with Gasteiger partial charge in [0.05, 0.1) is 19.3 Å². The van der Waals surface area contributed by atoms with E-state index in [0.717, 1.165) is 25.3 Å². The first-order valence-corrected chi connectivity index (χ1v) is 9.78. The van der Waals surface area contributed by atoms with E-state index in [0.29, 0.717) is 24.5 Å². The van der Waals surface area contributed by atoms with Crippen LogP contribution in [0, 0.1) is 5.92 Å². The lowest BCUT2D eigenvalue weighted by Gasteiger charge is -2.33. The molecule has 5 heteroatoms. The lowest BCUT2D eigenvalue weighted by molar-refractivity contribution is 0.0513. The standard InChI is InChI=1S/C21H34N2O2.ClH/c1-21(2,3)16-9-7-15(8-10-16)20(24)13-23-18-6-4-5-17(18)19-14-25-12-11-22-19;/h7-10,17-20,22-24H,4-6,11-14H2,1-3H3;1H. The van der Waals surface area contributed by atoms with E-state index in [1.807, 2.05) is 0 Å². The van der Waals surface area contributed by atoms with Gasteiger partial charge in [-0.2, -0.15) is 0 Å². The molecule has 1 aromatic rings. The number of rotatable bonds is 5. The SMILES string of the molecule is CC(C)(C)c1ccc(C(O)CNC2CCCC2C2COCCN2)cc1.Cl. The number of halogens is 1. The third-order valence-corrected chi connectivity index (χ3v) is 5.77. The predicted molar refractivity (Wildman–Crippen MR) is 109 cm³/mol. The van der Waals surface area contributed by atoms with Crippen molar-refractivity contribution in [2.75, 3.05) is 26.3 Å². The van der Waals surface area contributed by atoms with E-state index >= 15 is 0 Å². The summed E-state index contributed by atoms with van der Waals surface area (Å²) in [5.41, 5.74) is 2.44. The number of aliphatic hydroxyl groups excluding tert-OH is 1. The van der Waals surface area contributed by atoms with Crippen LogP contribution in [0.3, 0.4) is 0 Å². The Kier molecular flexibility index (Phi) is 7.92. The molecule has 1 aliphatic heterocycles. The van der Waals surface area contributed by atoms with E-state index in [4.69, 9.17) is 4.74 Å². The molecule has 0 aromatic heterocycles. The zero-order valence-electron chi connectivity index (χ0n) is 16.3. The van der Waals surface area contributed by atoms with Crippen LogP contribution in [-0.2, 0) is 10.2 Å². The number of hydrogen-bond acceptors (Lipinski definition) is 4. The zero-order valence-corrected chi connectivity index (χ0v) is 17.1. The van der Waals surface area contributed by atoms with E-state index in [1.165, 1.54) is 24.8 Å². The largest absolute Gasteiger partial charge is 0.387 e. The van der Waals surface area contributed by atoms with Crippen LogP contribution < -0.4 is 10.6 Å². The van der Waals surface area contributed by atoms with Crippen LogP contribution in [0.2, 0.25) is 0 Å². The van der Waals surface area contributed by atoms with Gasteiger partial charge in [-0.25, -0.2) is 0 Å². The Labute approximate surface area is 164 Å². The fraction of sp³-hybridized carbons (Fsp3) is 0.714. The summed E-state index contributed by atoms with van der Waals surface area (Å²) in [4.78, 5) is 0. The van der Waals surface area contributed by atoms with Gasteiger partial charge in [-0.1, -0.05) is 51.5 Å². The molecule has 0 radical (unpaired) electrons. The lowest BCUT2D eigenvalue weighted by atomic mass is 9.86. The molecule has 3 N–H and O–H groups in total. The second-order valence-electron chi connectivity index (χ2n) is 8.63. The van der Waals surface area contributed by atoms with Crippen molar-refractivity contribution in [1.82, 2.24) is 10.6 Å². The van der Waals surface area contributed by atoms with E-state index in [9.17, 15) is 5.11 Å². The molecule has 0 bridgehead atoms. The molecule has 4 nitrogen and oxygen atoms in total. The van der Waals surface area contributed by atoms with Gasteiger partial charge in [0, 0.05) is 25.2 Å². The highest BCUT2D eigenvalue weighted by molar-refractivity contribution is 5.85. The summed E-state index contributed by atoms with van der Waals surface area (Å²) in [6, 6.07) is 9.34. The van der Waals surface area contributed by atoms with Crippen LogP contribution in [0.4, 0.5) is 0 Å². The predicted octanol–water partition coefficient (Wildman–Crippen LogP) is 3.19. The van der Waals surface area contributed by atoms with Crippen LogP contribution >= 0.6 is 12.4 Å². The highest BCUT2D eigenvalue weighted by Gasteiger charge is 2.34. The zero-order chi connectivity index (χ0) is 17.9. The first kappa shape index (κ1) is 21.6. The number of aliphatic hydroxyl groups is 1. The highest BCUT2D eigenvalue weighted by atomic mass is 35.5. The van der Waals surface area contributed by atoms with Crippen LogP contribution in [0.15, 0.2) is 24.3 Å². The van der Waals surface area contributed by atoms with Crippen molar-refractivity contribution in [3.05, 3.63) is 35.4 Å². The van der Waals surface area contributed by atoms with Crippen LogP contribution in [0.5, 0.6) is 0 Å². The van der Waals surface area contributed by atoms with Gasteiger partial charge in [0.2, 0.25) is 0 Å². The number of nitrogens with one attached hydrogen (secondary N) is 2. The third-order valence-electron chi connectivity index (χ3n) is 5.77. The van der Waals surface area contributed by atoms with Crippen LogP contribution in [0.1, 0.15) is 57.3 Å². The molecule has 26 heavy (non-hydrogen) atoms. The number of benzene rings is 1. The Bertz CT molecular complexity index is 538. The monoisotopic (exact) mass is 382 g/mol. The minimum Gasteiger partial charge on any atom is -0.387 e. The van der Waals surface area contributed by atoms with Gasteiger partial charge in [-0.3, -0.25) is 0 Å². The molecule has 4 atom stereocenters. The van der Waals surface area contributed by atoms with Gasteiger partial charge in [0.15, 0.2) is 0 Å². The summed E-state index contributed by atoms with van der Waals surface area (Å²) in [6.07, 6.45) is 3.25. The quantitative estimate of drug-likeness (QED) is 0.732. The molecule has 1 saturated heterocycles. The Hall–Kier alpha value is -0.650. The van der Waals surface area contributed by atoms with E-state index in [-0.39, 0.29) is 17.8 Å². The fourth-order valence-electron chi connectivity index (χ4n) is 4.17. The van der Waals surface area contributed by atoms with Crippen molar-refractivity contribution in [1.29, 1.82) is 0 Å². The van der Waals surface area contributed by atoms with Gasteiger partial charge in [-0.15, -0.1) is 12.4 Å². The van der Waals surface area contributed by atoms with E-state index in [2.05, 4.69) is 55.7 Å². The molecule has 2 aliphatic rings. The molecular weight excluding hydrogens is 348 g/mol. The first-order chi connectivity index (χ1) is 11.9. The van der Waals surface area contributed by atoms with Crippen molar-refractivity contribution in [2.24, 2.45) is 5.92 Å². The molecule has 1 aliphatic carbocycles. The maximum atomic E-state index is 10.6. The third kappa shape index (κ3) is 5.43. The normalized spacial score (nSPS) is 27.8. The molecule has 148 valence electrons. The summed E-state index contributed by atoms with van der Waals surface area (Å²) in [6.45, 7) is 9.85. The van der Waals surface area contributed by atoms with Crippen molar-refractivity contribution in [3.63, 3.8) is 0 Å². The molecule has 4 unspecified atom stereocenters. The number of ether oxygens (including phenoxy) is 1. The van der Waals surface area contributed by atoms with Gasteiger partial charge in [-0.05, 0) is 35.3 Å². The Morgan fingerprint density at radius 3 is 2.58 bits per heavy atom. The Morgan fingerprint density at radius 2 is 1.96 bits per heavy atom. The Balaban J connectivity index is 0.00000243. The van der Waals surface area contributed by atoms with Gasteiger partial charge < -0.3 is 20.5 Å². The Morgan fingerprint density at radius 1 is 1.23 bits per heavy atom. The smallest absolute Gasteiger partial charge is 0.0914 e. The summed E-state index contributed by atoms with van der Waals surface area (Å²) in [7, 11) is 0. The van der Waals surface area contributed by atoms with Crippen molar-refractivity contribution in [3.8, 4) is 0 Å². The topological polar surface area (TPSA) is 53.5 Å². The second kappa shape index (κ2) is 9.52. The average Bonchev–Trinajstić information content (AvgIpc) is 3.08. The maximum Gasteiger partial charge on any atom is 0.0914 e. The van der Waals surface area contributed by atoms with E-state index < -0.39 is 6.10 Å². The molecule has 1 heterocycles. The molecule has 1 aromatic carbocycles. The minimum atomic E-state index is -0.453.